The van der Waals surface area contributed by atoms with Gasteiger partial charge in [0.05, 0.1) is 29.6 Å². The molecule has 0 unspecified atom stereocenters. The predicted molar refractivity (Wildman–Crippen MR) is 153 cm³/mol. The van der Waals surface area contributed by atoms with Crippen LogP contribution in [0.25, 0.3) is 27.7 Å². The van der Waals surface area contributed by atoms with Gasteiger partial charge in [-0.15, -0.1) is 0 Å². The standard InChI is InChI=1S/C31H32ClN3O4/c1-39-31(38)21-10-12-23-25(16-21)35-19-28(37)34(18-27(36)33-14-6-3-7-15-33)26-17-22(32)11-13-24(26)30(35)29(23)20-8-4-2-5-9-20/h8,10-13,16-17H,2-7,9,14-15,18-19H2,1H3. The van der Waals surface area contributed by atoms with Crippen LogP contribution in [0.2, 0.25) is 5.02 Å². The van der Waals surface area contributed by atoms with Crippen LogP contribution in [-0.4, -0.2) is 54.0 Å². The second-order valence-corrected chi connectivity index (χ2v) is 11.0. The van der Waals surface area contributed by atoms with E-state index in [2.05, 4.69) is 6.08 Å². The van der Waals surface area contributed by atoms with Gasteiger partial charge in [0.1, 0.15) is 13.1 Å². The van der Waals surface area contributed by atoms with Crippen molar-refractivity contribution in [2.45, 2.75) is 51.5 Å². The Hall–Kier alpha value is -3.58. The molecule has 2 aliphatic heterocycles. The van der Waals surface area contributed by atoms with E-state index in [1.165, 1.54) is 12.7 Å². The fourth-order valence-electron chi connectivity index (χ4n) is 6.26. The largest absolute Gasteiger partial charge is 0.465 e. The van der Waals surface area contributed by atoms with Gasteiger partial charge in [0.2, 0.25) is 11.8 Å². The van der Waals surface area contributed by atoms with Gasteiger partial charge in [-0.1, -0.05) is 23.7 Å². The topological polar surface area (TPSA) is 71.8 Å². The number of hydrogen-bond acceptors (Lipinski definition) is 4. The monoisotopic (exact) mass is 545 g/mol. The Morgan fingerprint density at radius 3 is 2.56 bits per heavy atom. The summed E-state index contributed by atoms with van der Waals surface area (Å²) < 4.78 is 7.00. The summed E-state index contributed by atoms with van der Waals surface area (Å²) >= 11 is 6.49. The number of likely N-dealkylation sites (tertiary alicyclic amines) is 1. The van der Waals surface area contributed by atoms with Gasteiger partial charge in [-0.25, -0.2) is 4.79 Å². The van der Waals surface area contributed by atoms with E-state index in [4.69, 9.17) is 16.3 Å². The molecule has 3 heterocycles. The number of nitrogens with zero attached hydrogens (tertiary/aromatic N) is 3. The van der Waals surface area contributed by atoms with Crippen LogP contribution in [0.1, 0.15) is 60.9 Å². The van der Waals surface area contributed by atoms with Gasteiger partial charge in [0.25, 0.3) is 0 Å². The highest BCUT2D eigenvalue weighted by molar-refractivity contribution is 6.31. The number of amides is 2. The molecule has 2 aromatic carbocycles. The van der Waals surface area contributed by atoms with Crippen LogP contribution in [0.15, 0.2) is 42.5 Å². The zero-order valence-corrected chi connectivity index (χ0v) is 22.9. The minimum absolute atomic E-state index is 0.0274. The molecule has 6 rings (SSSR count). The summed E-state index contributed by atoms with van der Waals surface area (Å²) in [6, 6.07) is 11.1. The number of hydrogen-bond donors (Lipinski definition) is 0. The zero-order valence-electron chi connectivity index (χ0n) is 22.2. The maximum Gasteiger partial charge on any atom is 0.337 e. The third-order valence-corrected chi connectivity index (χ3v) is 8.44. The van der Waals surface area contributed by atoms with Gasteiger partial charge in [0, 0.05) is 34.6 Å². The summed E-state index contributed by atoms with van der Waals surface area (Å²) in [5.41, 5.74) is 5.98. The van der Waals surface area contributed by atoms with Crippen molar-refractivity contribution in [3.8, 4) is 11.3 Å². The molecule has 202 valence electrons. The van der Waals surface area contributed by atoms with Gasteiger partial charge < -0.3 is 19.1 Å². The molecule has 1 fully saturated rings. The molecule has 7 nitrogen and oxygen atoms in total. The molecule has 0 spiro atoms. The summed E-state index contributed by atoms with van der Waals surface area (Å²) in [7, 11) is 1.37. The van der Waals surface area contributed by atoms with E-state index < -0.39 is 5.97 Å². The van der Waals surface area contributed by atoms with E-state index in [1.807, 2.05) is 33.7 Å². The fourth-order valence-corrected chi connectivity index (χ4v) is 6.43. The van der Waals surface area contributed by atoms with Crippen molar-refractivity contribution in [1.82, 2.24) is 9.47 Å². The number of ether oxygens (including phenoxy) is 1. The Balaban J connectivity index is 1.56. The number of rotatable bonds is 4. The number of halogens is 1. The molecule has 0 radical (unpaired) electrons. The molecular formula is C31H32ClN3O4. The van der Waals surface area contributed by atoms with Crippen LogP contribution in [0.3, 0.4) is 0 Å². The molecule has 39 heavy (non-hydrogen) atoms. The Morgan fingerprint density at radius 2 is 1.82 bits per heavy atom. The van der Waals surface area contributed by atoms with E-state index in [9.17, 15) is 14.4 Å². The second kappa shape index (κ2) is 10.5. The van der Waals surface area contributed by atoms with Gasteiger partial charge in [-0.3, -0.25) is 9.59 Å². The number of aromatic nitrogens is 1. The van der Waals surface area contributed by atoms with Crippen LogP contribution in [0.5, 0.6) is 0 Å². The summed E-state index contributed by atoms with van der Waals surface area (Å²) in [5, 5.41) is 1.50. The number of fused-ring (bicyclic) bond motifs is 5. The number of benzene rings is 2. The van der Waals surface area contributed by atoms with E-state index in [-0.39, 0.29) is 24.9 Å². The number of piperidine rings is 1. The highest BCUT2D eigenvalue weighted by Gasteiger charge is 2.33. The maximum atomic E-state index is 14.0. The molecule has 3 aliphatic rings. The number of esters is 1. The Labute approximate surface area is 233 Å². The van der Waals surface area contributed by atoms with Gasteiger partial charge in [0.15, 0.2) is 0 Å². The van der Waals surface area contributed by atoms with Gasteiger partial charge in [-0.05, 0) is 80.9 Å². The Morgan fingerprint density at radius 1 is 1.00 bits per heavy atom. The second-order valence-electron chi connectivity index (χ2n) is 10.6. The van der Waals surface area contributed by atoms with Crippen molar-refractivity contribution in [3.05, 3.63) is 58.6 Å². The summed E-state index contributed by atoms with van der Waals surface area (Å²) in [4.78, 5) is 43.2. The van der Waals surface area contributed by atoms with Crippen molar-refractivity contribution >= 4 is 51.5 Å². The quantitative estimate of drug-likeness (QED) is 0.373. The van der Waals surface area contributed by atoms with Gasteiger partial charge in [-0.2, -0.15) is 0 Å². The molecule has 2 amide bonds. The minimum atomic E-state index is -0.424. The number of carbonyl (C=O) groups is 3. The summed E-state index contributed by atoms with van der Waals surface area (Å²) in [5.74, 6) is -0.660. The average Bonchev–Trinajstić information content (AvgIpc) is 3.23. The predicted octanol–water partition coefficient (Wildman–Crippen LogP) is 6.06. The van der Waals surface area contributed by atoms with Crippen LogP contribution < -0.4 is 4.90 Å². The molecule has 1 saturated heterocycles. The first-order valence-corrected chi connectivity index (χ1v) is 14.2. The van der Waals surface area contributed by atoms with E-state index >= 15 is 0 Å². The summed E-state index contributed by atoms with van der Waals surface area (Å²) in [6.45, 7) is 1.47. The van der Waals surface area contributed by atoms with Gasteiger partial charge >= 0.3 is 5.97 Å². The highest BCUT2D eigenvalue weighted by atomic mass is 35.5. The zero-order chi connectivity index (χ0) is 27.1. The third-order valence-electron chi connectivity index (χ3n) is 8.20. The lowest BCUT2D eigenvalue weighted by Gasteiger charge is -2.30. The van der Waals surface area contributed by atoms with Crippen molar-refractivity contribution in [2.24, 2.45) is 0 Å². The van der Waals surface area contributed by atoms with E-state index in [0.29, 0.717) is 16.3 Å². The molecule has 1 aromatic heterocycles. The smallest absolute Gasteiger partial charge is 0.337 e. The van der Waals surface area contributed by atoms with E-state index in [0.717, 1.165) is 85.8 Å². The van der Waals surface area contributed by atoms with E-state index in [1.54, 1.807) is 17.0 Å². The molecule has 1 aliphatic carbocycles. The normalized spacial score (nSPS) is 17.4. The Kier molecular flexibility index (Phi) is 6.94. The van der Waals surface area contributed by atoms with Crippen molar-refractivity contribution in [2.75, 3.05) is 31.6 Å². The molecule has 0 atom stereocenters. The number of carbonyl (C=O) groups excluding carboxylic acids is 3. The molecule has 8 heteroatoms. The first kappa shape index (κ1) is 25.7. The fraction of sp³-hybridized carbons (Fsp3) is 0.387. The van der Waals surface area contributed by atoms with Crippen molar-refractivity contribution < 1.29 is 19.1 Å². The molecule has 0 bridgehead atoms. The maximum absolute atomic E-state index is 14.0. The highest BCUT2D eigenvalue weighted by Crippen LogP contribution is 2.46. The Bertz CT molecular complexity index is 1520. The van der Waals surface area contributed by atoms with Crippen molar-refractivity contribution in [3.63, 3.8) is 0 Å². The minimum Gasteiger partial charge on any atom is -0.465 e. The lowest BCUT2D eigenvalue weighted by atomic mass is 9.89. The lowest BCUT2D eigenvalue weighted by Crippen LogP contribution is -2.45. The summed E-state index contributed by atoms with van der Waals surface area (Å²) in [6.07, 6.45) is 9.60. The molecule has 0 N–H and O–H groups in total. The number of allylic oxidation sites excluding steroid dienone is 2. The number of methoxy groups -OCH3 is 1. The third kappa shape index (κ3) is 4.63. The molecule has 3 aromatic rings. The van der Waals surface area contributed by atoms with Crippen molar-refractivity contribution in [1.29, 1.82) is 0 Å². The van der Waals surface area contributed by atoms with Crippen LogP contribution >= 0.6 is 11.6 Å². The SMILES string of the molecule is COC(=O)c1ccc2c(C3=CCCCC3)c3n(c2c1)CC(=O)N(CC(=O)N1CCCCC1)c1cc(Cl)ccc1-3. The molecule has 0 saturated carbocycles. The van der Waals surface area contributed by atoms with Crippen LogP contribution in [0, 0.1) is 0 Å². The van der Waals surface area contributed by atoms with Crippen LogP contribution in [0.4, 0.5) is 5.69 Å². The lowest BCUT2D eigenvalue weighted by molar-refractivity contribution is -0.132. The average molecular weight is 546 g/mol. The van der Waals surface area contributed by atoms with Crippen LogP contribution in [-0.2, 0) is 20.9 Å². The first-order chi connectivity index (χ1) is 19.0. The number of anilines is 1. The molecular weight excluding hydrogens is 514 g/mol. The first-order valence-electron chi connectivity index (χ1n) is 13.8.